The summed E-state index contributed by atoms with van der Waals surface area (Å²) in [6.07, 6.45) is 2.85. The molecule has 0 radical (unpaired) electrons. The van der Waals surface area contributed by atoms with Crippen LogP contribution in [0, 0.1) is 6.92 Å². The van der Waals surface area contributed by atoms with Crippen LogP contribution in [0.1, 0.15) is 55.0 Å². The molecule has 0 aliphatic carbocycles. The number of nitrogens with zero attached hydrogens (tertiary/aromatic N) is 1. The minimum absolute atomic E-state index is 0.160. The molecule has 2 atom stereocenters. The second-order valence-electron chi connectivity index (χ2n) is 7.59. The number of ether oxygens (including phenoxy) is 1. The van der Waals surface area contributed by atoms with Gasteiger partial charge in [-0.15, -0.1) is 0 Å². The molecule has 0 saturated heterocycles. The van der Waals surface area contributed by atoms with Crippen LogP contribution in [0.5, 0.6) is 5.75 Å². The monoisotopic (exact) mass is 388 g/mol. The Balaban J connectivity index is 1.81. The molecule has 1 heterocycles. The Morgan fingerprint density at radius 1 is 0.931 bits per heavy atom. The first-order chi connectivity index (χ1) is 14.0. The van der Waals surface area contributed by atoms with Crippen LogP contribution in [0.25, 0.3) is 0 Å². The number of aromatic nitrogens is 1. The fraction of sp³-hybridized carbons (Fsp3) is 0.280. The number of carbonyl (C=O) groups excluding carboxylic acids is 1. The van der Waals surface area contributed by atoms with Crippen LogP contribution in [-0.4, -0.2) is 17.0 Å². The predicted octanol–water partition coefficient (Wildman–Crippen LogP) is 5.19. The van der Waals surface area contributed by atoms with E-state index in [9.17, 15) is 4.79 Å². The molecule has 1 N–H and O–H groups in total. The number of hydrogen-bond acceptors (Lipinski definition) is 3. The van der Waals surface area contributed by atoms with E-state index in [1.54, 1.807) is 19.3 Å². The molecule has 0 bridgehead atoms. The number of rotatable bonds is 7. The average Bonchev–Trinajstić information content (AvgIpc) is 2.73. The zero-order valence-corrected chi connectivity index (χ0v) is 17.4. The van der Waals surface area contributed by atoms with E-state index in [2.05, 4.69) is 36.3 Å². The van der Waals surface area contributed by atoms with Gasteiger partial charge in [-0.25, -0.2) is 0 Å². The topological polar surface area (TPSA) is 51.2 Å². The number of amides is 1. The molecule has 0 fully saturated rings. The normalized spacial score (nSPS) is 13.0. The minimum atomic E-state index is -0.623. The highest BCUT2D eigenvalue weighted by atomic mass is 16.5. The number of aryl methyl sites for hydroxylation is 1. The number of nitrogens with one attached hydrogen (secondary N) is 1. The molecule has 0 aliphatic heterocycles. The molecule has 1 aromatic heterocycles. The van der Waals surface area contributed by atoms with E-state index in [0.29, 0.717) is 5.92 Å². The SMILES string of the molecule is Cc1ccc(C(C)C)c(OC(C)C(=O)NC(c2ccccc2)c2ccncc2)c1. The van der Waals surface area contributed by atoms with Gasteiger partial charge in [-0.2, -0.15) is 0 Å². The van der Waals surface area contributed by atoms with E-state index >= 15 is 0 Å². The first kappa shape index (κ1) is 20.6. The fourth-order valence-corrected chi connectivity index (χ4v) is 3.28. The molecule has 1 amide bonds. The lowest BCUT2D eigenvalue weighted by molar-refractivity contribution is -0.127. The Hall–Kier alpha value is -3.14. The molecule has 2 unspecified atom stereocenters. The summed E-state index contributed by atoms with van der Waals surface area (Å²) in [6.45, 7) is 8.06. The van der Waals surface area contributed by atoms with Crippen LogP contribution in [0.3, 0.4) is 0 Å². The molecule has 0 aliphatic rings. The average molecular weight is 389 g/mol. The molecule has 0 saturated carbocycles. The first-order valence-electron chi connectivity index (χ1n) is 9.98. The van der Waals surface area contributed by atoms with Crippen LogP contribution in [-0.2, 0) is 4.79 Å². The van der Waals surface area contributed by atoms with Crippen molar-refractivity contribution >= 4 is 5.91 Å². The van der Waals surface area contributed by atoms with Crippen molar-refractivity contribution in [2.45, 2.75) is 45.8 Å². The summed E-state index contributed by atoms with van der Waals surface area (Å²) in [4.78, 5) is 17.1. The van der Waals surface area contributed by atoms with E-state index in [4.69, 9.17) is 4.74 Å². The van der Waals surface area contributed by atoms with Crippen molar-refractivity contribution < 1.29 is 9.53 Å². The van der Waals surface area contributed by atoms with Crippen LogP contribution < -0.4 is 10.1 Å². The van der Waals surface area contributed by atoms with Gasteiger partial charge in [-0.05, 0) is 60.2 Å². The number of carbonyl (C=O) groups is 1. The van der Waals surface area contributed by atoms with Gasteiger partial charge in [0, 0.05) is 12.4 Å². The third-order valence-corrected chi connectivity index (χ3v) is 4.92. The quantitative estimate of drug-likeness (QED) is 0.606. The molecule has 0 spiro atoms. The Morgan fingerprint density at radius 3 is 2.24 bits per heavy atom. The van der Waals surface area contributed by atoms with Crippen LogP contribution >= 0.6 is 0 Å². The molecule has 150 valence electrons. The molecule has 29 heavy (non-hydrogen) atoms. The molecular formula is C25H28N2O2. The lowest BCUT2D eigenvalue weighted by Crippen LogP contribution is -2.39. The van der Waals surface area contributed by atoms with Crippen molar-refractivity contribution in [3.05, 3.63) is 95.3 Å². The van der Waals surface area contributed by atoms with E-state index in [1.807, 2.05) is 55.5 Å². The third kappa shape index (κ3) is 5.23. The van der Waals surface area contributed by atoms with E-state index < -0.39 is 6.10 Å². The standard InChI is InChI=1S/C25H28N2O2/c1-17(2)22-11-10-18(3)16-23(22)29-19(4)25(28)27-24(20-8-6-5-7-9-20)21-12-14-26-15-13-21/h5-17,19,24H,1-4H3,(H,27,28). The minimum Gasteiger partial charge on any atom is -0.481 e. The Morgan fingerprint density at radius 2 is 1.59 bits per heavy atom. The van der Waals surface area contributed by atoms with Gasteiger partial charge in [0.25, 0.3) is 5.91 Å². The van der Waals surface area contributed by atoms with Crippen molar-refractivity contribution in [3.63, 3.8) is 0 Å². The van der Waals surface area contributed by atoms with Crippen LogP contribution in [0.4, 0.5) is 0 Å². The fourth-order valence-electron chi connectivity index (χ4n) is 3.28. The molecule has 4 heteroatoms. The molecule has 4 nitrogen and oxygen atoms in total. The van der Waals surface area contributed by atoms with Crippen molar-refractivity contribution in [3.8, 4) is 5.75 Å². The van der Waals surface area contributed by atoms with Gasteiger partial charge < -0.3 is 10.1 Å². The largest absolute Gasteiger partial charge is 0.481 e. The zero-order chi connectivity index (χ0) is 20.8. The summed E-state index contributed by atoms with van der Waals surface area (Å²) in [5.41, 5.74) is 4.20. The highest BCUT2D eigenvalue weighted by Gasteiger charge is 2.22. The zero-order valence-electron chi connectivity index (χ0n) is 17.4. The Labute approximate surface area is 173 Å². The highest BCUT2D eigenvalue weighted by molar-refractivity contribution is 5.81. The van der Waals surface area contributed by atoms with Crippen molar-refractivity contribution in [1.82, 2.24) is 10.3 Å². The maximum absolute atomic E-state index is 13.0. The summed E-state index contributed by atoms with van der Waals surface area (Å²) >= 11 is 0. The maximum Gasteiger partial charge on any atom is 0.261 e. The van der Waals surface area contributed by atoms with Crippen molar-refractivity contribution in [2.24, 2.45) is 0 Å². The second kappa shape index (κ2) is 9.37. The second-order valence-corrected chi connectivity index (χ2v) is 7.59. The number of benzene rings is 2. The molecule has 2 aromatic carbocycles. The number of hydrogen-bond donors (Lipinski definition) is 1. The van der Waals surface area contributed by atoms with E-state index in [1.165, 1.54) is 0 Å². The Bertz CT molecular complexity index is 900. The van der Waals surface area contributed by atoms with Gasteiger partial charge in [0.15, 0.2) is 6.10 Å². The maximum atomic E-state index is 13.0. The smallest absolute Gasteiger partial charge is 0.261 e. The van der Waals surface area contributed by atoms with Gasteiger partial charge in [0.2, 0.25) is 0 Å². The highest BCUT2D eigenvalue weighted by Crippen LogP contribution is 2.29. The van der Waals surface area contributed by atoms with Crippen LogP contribution in [0.15, 0.2) is 73.1 Å². The van der Waals surface area contributed by atoms with E-state index in [0.717, 1.165) is 28.0 Å². The molecule has 3 rings (SSSR count). The van der Waals surface area contributed by atoms with Crippen LogP contribution in [0.2, 0.25) is 0 Å². The van der Waals surface area contributed by atoms with Crippen molar-refractivity contribution in [1.29, 1.82) is 0 Å². The summed E-state index contributed by atoms with van der Waals surface area (Å²) in [7, 11) is 0. The Kier molecular flexibility index (Phi) is 6.65. The molecular weight excluding hydrogens is 360 g/mol. The van der Waals surface area contributed by atoms with E-state index in [-0.39, 0.29) is 11.9 Å². The van der Waals surface area contributed by atoms with Gasteiger partial charge in [0.05, 0.1) is 6.04 Å². The lowest BCUT2D eigenvalue weighted by Gasteiger charge is -2.24. The lowest BCUT2D eigenvalue weighted by atomic mass is 9.99. The van der Waals surface area contributed by atoms with Gasteiger partial charge >= 0.3 is 0 Å². The summed E-state index contributed by atoms with van der Waals surface area (Å²) < 4.78 is 6.10. The summed E-state index contributed by atoms with van der Waals surface area (Å²) in [5, 5.41) is 3.14. The molecule has 3 aromatic rings. The predicted molar refractivity (Wildman–Crippen MR) is 116 cm³/mol. The summed E-state index contributed by atoms with van der Waals surface area (Å²) in [5.74, 6) is 0.921. The summed E-state index contributed by atoms with van der Waals surface area (Å²) in [6, 6.07) is 19.6. The first-order valence-corrected chi connectivity index (χ1v) is 9.98. The van der Waals surface area contributed by atoms with Gasteiger partial charge in [-0.3, -0.25) is 9.78 Å². The third-order valence-electron chi connectivity index (χ3n) is 4.92. The number of pyridine rings is 1. The van der Waals surface area contributed by atoms with Crippen molar-refractivity contribution in [2.75, 3.05) is 0 Å². The van der Waals surface area contributed by atoms with Gasteiger partial charge in [0.1, 0.15) is 5.75 Å². The van der Waals surface area contributed by atoms with Gasteiger partial charge in [-0.1, -0.05) is 56.3 Å².